The molecule has 4 rings (SSSR count). The summed E-state index contributed by atoms with van der Waals surface area (Å²) in [4.78, 5) is 13.2. The van der Waals surface area contributed by atoms with Gasteiger partial charge in [-0.05, 0) is 31.1 Å². The maximum absolute atomic E-state index is 6.10. The van der Waals surface area contributed by atoms with E-state index in [9.17, 15) is 0 Å². The summed E-state index contributed by atoms with van der Waals surface area (Å²) >= 11 is 0. The highest BCUT2D eigenvalue weighted by Crippen LogP contribution is 2.36. The molecule has 1 atom stereocenters. The number of rotatable bonds is 3. The second kappa shape index (κ2) is 7.75. The zero-order valence-electron chi connectivity index (χ0n) is 16.6. The second-order valence-corrected chi connectivity index (χ2v) is 7.32. The first kappa shape index (κ1) is 18.7. The van der Waals surface area contributed by atoms with Crippen molar-refractivity contribution in [3.8, 4) is 0 Å². The van der Waals surface area contributed by atoms with Crippen LogP contribution in [0.1, 0.15) is 34.7 Å². The molecule has 2 heterocycles. The van der Waals surface area contributed by atoms with Crippen LogP contribution in [-0.4, -0.2) is 15.7 Å². The Balaban J connectivity index is 1.74. The molecule has 29 heavy (non-hydrogen) atoms. The van der Waals surface area contributed by atoms with Crippen LogP contribution >= 0.6 is 0 Å². The summed E-state index contributed by atoms with van der Waals surface area (Å²) in [6, 6.07) is 16.8. The van der Waals surface area contributed by atoms with E-state index >= 15 is 0 Å². The molecule has 2 aromatic carbocycles. The molecule has 1 aliphatic rings. The molecule has 3 aromatic rings. The lowest BCUT2D eigenvalue weighted by Crippen LogP contribution is -2.14. The lowest BCUT2D eigenvalue weighted by molar-refractivity contribution is 0.823. The van der Waals surface area contributed by atoms with Crippen LogP contribution in [0.25, 0.3) is 6.08 Å². The number of fused-ring (bicyclic) bond motifs is 1. The van der Waals surface area contributed by atoms with E-state index in [1.165, 1.54) is 11.1 Å². The molecule has 1 aliphatic heterocycles. The molecule has 146 valence electrons. The van der Waals surface area contributed by atoms with Gasteiger partial charge in [0.05, 0.1) is 6.04 Å². The third-order valence-electron chi connectivity index (χ3n) is 4.93. The van der Waals surface area contributed by atoms with E-state index in [1.54, 1.807) is 0 Å². The van der Waals surface area contributed by atoms with E-state index in [-0.39, 0.29) is 17.8 Å². The van der Waals surface area contributed by atoms with Gasteiger partial charge in [-0.2, -0.15) is 9.97 Å². The number of allylic oxidation sites excluding steroid dienone is 1. The SMILES string of the molecule is Cc1ccc(/C=C/C2=Nc3c(N)nc(N)nc3NC(c3ccc(C)cc3)C2)cc1. The predicted molar refractivity (Wildman–Crippen MR) is 120 cm³/mol. The van der Waals surface area contributed by atoms with Crippen LogP contribution < -0.4 is 16.8 Å². The summed E-state index contributed by atoms with van der Waals surface area (Å²) in [5, 5.41) is 3.45. The molecular weight excluding hydrogens is 360 g/mol. The fourth-order valence-electron chi connectivity index (χ4n) is 3.29. The molecule has 0 fully saturated rings. The highest BCUT2D eigenvalue weighted by molar-refractivity contribution is 6.02. The van der Waals surface area contributed by atoms with Crippen molar-refractivity contribution in [2.45, 2.75) is 26.3 Å². The van der Waals surface area contributed by atoms with Crippen molar-refractivity contribution < 1.29 is 0 Å². The number of hydrogen-bond acceptors (Lipinski definition) is 6. The minimum absolute atomic E-state index is 0.00744. The Bertz CT molecular complexity index is 1080. The number of benzene rings is 2. The van der Waals surface area contributed by atoms with Crippen LogP contribution in [-0.2, 0) is 0 Å². The Labute approximate surface area is 170 Å². The topological polar surface area (TPSA) is 102 Å². The fraction of sp³-hybridized carbons (Fsp3) is 0.174. The van der Waals surface area contributed by atoms with Crippen molar-refractivity contribution in [3.63, 3.8) is 0 Å². The Morgan fingerprint density at radius 3 is 2.24 bits per heavy atom. The number of aliphatic imine (C=N–C) groups is 1. The maximum Gasteiger partial charge on any atom is 0.224 e. The van der Waals surface area contributed by atoms with Crippen LogP contribution in [0.3, 0.4) is 0 Å². The lowest BCUT2D eigenvalue weighted by atomic mass is 9.99. The third-order valence-corrected chi connectivity index (χ3v) is 4.93. The van der Waals surface area contributed by atoms with Crippen LogP contribution in [0.4, 0.5) is 23.3 Å². The highest BCUT2D eigenvalue weighted by Gasteiger charge is 2.22. The van der Waals surface area contributed by atoms with Crippen LogP contribution in [0.2, 0.25) is 0 Å². The first-order valence-electron chi connectivity index (χ1n) is 9.56. The molecule has 0 saturated heterocycles. The van der Waals surface area contributed by atoms with E-state index in [2.05, 4.69) is 83.7 Å². The van der Waals surface area contributed by atoms with Crippen LogP contribution in [0.5, 0.6) is 0 Å². The minimum Gasteiger partial charge on any atom is -0.382 e. The van der Waals surface area contributed by atoms with E-state index in [0.29, 0.717) is 17.9 Å². The van der Waals surface area contributed by atoms with Crippen molar-refractivity contribution >= 4 is 35.1 Å². The number of nitrogens with one attached hydrogen (secondary N) is 1. The number of nitrogens with two attached hydrogens (primary N) is 2. The largest absolute Gasteiger partial charge is 0.382 e. The van der Waals surface area contributed by atoms with Gasteiger partial charge in [-0.3, -0.25) is 0 Å². The smallest absolute Gasteiger partial charge is 0.224 e. The van der Waals surface area contributed by atoms with Gasteiger partial charge in [-0.25, -0.2) is 4.99 Å². The van der Waals surface area contributed by atoms with Gasteiger partial charge in [-0.15, -0.1) is 0 Å². The number of aryl methyl sites for hydroxylation is 2. The number of nitrogens with zero attached hydrogens (tertiary/aromatic N) is 3. The fourth-order valence-corrected chi connectivity index (χ4v) is 3.29. The van der Waals surface area contributed by atoms with E-state index in [1.807, 2.05) is 6.08 Å². The van der Waals surface area contributed by atoms with Gasteiger partial charge in [0, 0.05) is 12.1 Å². The van der Waals surface area contributed by atoms with Gasteiger partial charge in [0.25, 0.3) is 0 Å². The molecule has 0 radical (unpaired) electrons. The summed E-state index contributed by atoms with van der Waals surface area (Å²) < 4.78 is 0. The number of anilines is 3. The normalized spacial score (nSPS) is 16.1. The Morgan fingerprint density at radius 2 is 1.55 bits per heavy atom. The maximum atomic E-state index is 6.10. The molecule has 0 spiro atoms. The molecule has 6 heteroatoms. The first-order chi connectivity index (χ1) is 14.0. The third kappa shape index (κ3) is 4.27. The summed E-state index contributed by atoms with van der Waals surface area (Å²) in [6.45, 7) is 4.15. The van der Waals surface area contributed by atoms with Gasteiger partial charge < -0.3 is 16.8 Å². The monoisotopic (exact) mass is 384 g/mol. The number of aromatic nitrogens is 2. The van der Waals surface area contributed by atoms with E-state index in [0.717, 1.165) is 16.8 Å². The average molecular weight is 384 g/mol. The predicted octanol–water partition coefficient (Wildman–Crippen LogP) is 4.60. The minimum atomic E-state index is -0.00744. The van der Waals surface area contributed by atoms with Crippen molar-refractivity contribution in [2.24, 2.45) is 4.99 Å². The number of hydrogen-bond donors (Lipinski definition) is 3. The lowest BCUT2D eigenvalue weighted by Gasteiger charge is -2.18. The van der Waals surface area contributed by atoms with Crippen molar-refractivity contribution in [1.29, 1.82) is 0 Å². The van der Waals surface area contributed by atoms with Gasteiger partial charge in [-0.1, -0.05) is 65.7 Å². The molecule has 0 saturated carbocycles. The average Bonchev–Trinajstić information content (AvgIpc) is 2.88. The van der Waals surface area contributed by atoms with Crippen molar-refractivity contribution in [2.75, 3.05) is 16.8 Å². The van der Waals surface area contributed by atoms with Crippen LogP contribution in [0, 0.1) is 13.8 Å². The first-order valence-corrected chi connectivity index (χ1v) is 9.56. The molecular formula is C23H24N6. The molecule has 1 unspecified atom stereocenters. The highest BCUT2D eigenvalue weighted by atomic mass is 15.1. The Morgan fingerprint density at radius 1 is 0.897 bits per heavy atom. The molecule has 0 aliphatic carbocycles. The Kier molecular flexibility index (Phi) is 4.99. The van der Waals surface area contributed by atoms with Crippen molar-refractivity contribution in [1.82, 2.24) is 9.97 Å². The molecule has 1 aromatic heterocycles. The van der Waals surface area contributed by atoms with Gasteiger partial charge >= 0.3 is 0 Å². The summed E-state index contributed by atoms with van der Waals surface area (Å²) in [7, 11) is 0. The summed E-state index contributed by atoms with van der Waals surface area (Å²) in [5.41, 5.74) is 18.0. The molecule has 0 bridgehead atoms. The number of nitrogen functional groups attached to an aromatic ring is 2. The molecule has 6 nitrogen and oxygen atoms in total. The summed E-state index contributed by atoms with van der Waals surface area (Å²) in [5.74, 6) is 0.954. The molecule has 0 amide bonds. The summed E-state index contributed by atoms with van der Waals surface area (Å²) in [6.07, 6.45) is 4.77. The van der Waals surface area contributed by atoms with Gasteiger partial charge in [0.1, 0.15) is 5.69 Å². The standard InChI is InChI=1S/C23H24N6/c1-14-3-7-16(8-4-14)9-12-18-13-19(17-10-5-15(2)6-11-17)27-22-20(26-18)21(24)28-23(25)29-22/h3-12,19H,13H2,1-2H3,(H5,24,25,27,28,29)/b12-9+. The van der Waals surface area contributed by atoms with Crippen LogP contribution in [0.15, 0.2) is 59.6 Å². The quantitative estimate of drug-likeness (QED) is 0.612. The van der Waals surface area contributed by atoms with Crippen molar-refractivity contribution in [3.05, 3.63) is 76.9 Å². The van der Waals surface area contributed by atoms with Gasteiger partial charge in [0.2, 0.25) is 5.95 Å². The second-order valence-electron chi connectivity index (χ2n) is 7.32. The van der Waals surface area contributed by atoms with E-state index in [4.69, 9.17) is 16.5 Å². The molecule has 5 N–H and O–H groups in total. The Hall–Kier alpha value is -3.67. The van der Waals surface area contributed by atoms with E-state index < -0.39 is 0 Å². The zero-order chi connectivity index (χ0) is 20.4. The zero-order valence-corrected chi connectivity index (χ0v) is 16.6. The van der Waals surface area contributed by atoms with Gasteiger partial charge in [0.15, 0.2) is 11.6 Å².